The number of carbonyl (C=O) groups is 1. The van der Waals surface area contributed by atoms with Crippen LogP contribution in [0.15, 0.2) is 41.5 Å². The number of piperidine rings is 1. The summed E-state index contributed by atoms with van der Waals surface area (Å²) >= 11 is 12.6. The number of benzene rings is 2. The first-order valence-corrected chi connectivity index (χ1v) is 11.1. The first kappa shape index (κ1) is 20.5. The molecule has 0 aromatic heterocycles. The molecule has 0 bridgehead atoms. The maximum absolute atomic E-state index is 11.9. The number of halogens is 2. The van der Waals surface area contributed by atoms with Crippen LogP contribution in [0.5, 0.6) is 11.5 Å². The van der Waals surface area contributed by atoms with Gasteiger partial charge < -0.3 is 14.4 Å². The van der Waals surface area contributed by atoms with Gasteiger partial charge in [0.2, 0.25) is 11.6 Å². The summed E-state index contributed by atoms with van der Waals surface area (Å²) in [7, 11) is 1.65. The van der Waals surface area contributed by atoms with Crippen molar-refractivity contribution in [1.29, 1.82) is 0 Å². The van der Waals surface area contributed by atoms with Gasteiger partial charge in [-0.15, -0.1) is 0 Å². The van der Waals surface area contributed by atoms with E-state index in [4.69, 9.17) is 37.8 Å². The molecule has 1 saturated heterocycles. The van der Waals surface area contributed by atoms with Crippen LogP contribution in [0.3, 0.4) is 0 Å². The molecule has 0 aliphatic carbocycles. The Bertz CT molecular complexity index is 1080. The zero-order valence-corrected chi connectivity index (χ0v) is 18.9. The summed E-state index contributed by atoms with van der Waals surface area (Å²) in [6.07, 6.45) is 2.01. The standard InChI is InChI=1S/C23H23Cl2N3O3/c1-14(29)27-10-8-23(9-11-27)28-20(17-4-3-5-21(30-2)22(17)31-23)13-19(26-28)16-7-6-15(24)12-18(16)25/h3-7,12,20H,8-11,13H2,1-2H3. The highest BCUT2D eigenvalue weighted by molar-refractivity contribution is 6.37. The van der Waals surface area contributed by atoms with E-state index in [9.17, 15) is 4.79 Å². The van der Waals surface area contributed by atoms with Crippen molar-refractivity contribution >= 4 is 34.8 Å². The maximum atomic E-state index is 11.9. The molecule has 8 heteroatoms. The number of hydrazone groups is 1. The van der Waals surface area contributed by atoms with E-state index in [1.807, 2.05) is 29.2 Å². The topological polar surface area (TPSA) is 54.4 Å². The van der Waals surface area contributed by atoms with Crippen molar-refractivity contribution in [3.8, 4) is 11.5 Å². The molecule has 1 spiro atoms. The number of hydrogen-bond donors (Lipinski definition) is 0. The number of methoxy groups -OCH3 is 1. The molecule has 6 nitrogen and oxygen atoms in total. The lowest BCUT2D eigenvalue weighted by molar-refractivity contribution is -0.159. The minimum Gasteiger partial charge on any atom is -0.493 e. The fourth-order valence-electron chi connectivity index (χ4n) is 4.82. The van der Waals surface area contributed by atoms with E-state index >= 15 is 0 Å². The molecule has 0 radical (unpaired) electrons. The van der Waals surface area contributed by atoms with Crippen LogP contribution in [0.25, 0.3) is 0 Å². The van der Waals surface area contributed by atoms with Crippen LogP contribution in [0.2, 0.25) is 10.0 Å². The van der Waals surface area contributed by atoms with Gasteiger partial charge in [-0.25, -0.2) is 5.01 Å². The molecule has 1 atom stereocenters. The van der Waals surface area contributed by atoms with Crippen molar-refractivity contribution in [3.63, 3.8) is 0 Å². The van der Waals surface area contributed by atoms with E-state index in [1.54, 1.807) is 20.1 Å². The van der Waals surface area contributed by atoms with Gasteiger partial charge in [0, 0.05) is 55.4 Å². The third kappa shape index (κ3) is 3.33. The second kappa shape index (κ2) is 7.61. The lowest BCUT2D eigenvalue weighted by atomic mass is 9.90. The summed E-state index contributed by atoms with van der Waals surface area (Å²) in [6, 6.07) is 11.5. The van der Waals surface area contributed by atoms with Crippen LogP contribution in [0.4, 0.5) is 0 Å². The minimum atomic E-state index is -0.640. The van der Waals surface area contributed by atoms with E-state index in [1.165, 1.54) is 0 Å². The molecule has 1 amide bonds. The summed E-state index contributed by atoms with van der Waals surface area (Å²) in [5.74, 6) is 1.56. The molecule has 3 heterocycles. The van der Waals surface area contributed by atoms with Gasteiger partial charge in [-0.3, -0.25) is 4.79 Å². The van der Waals surface area contributed by atoms with Crippen molar-refractivity contribution in [2.24, 2.45) is 5.10 Å². The molecule has 2 aromatic carbocycles. The second-order valence-electron chi connectivity index (χ2n) is 8.17. The Labute approximate surface area is 191 Å². The van der Waals surface area contributed by atoms with Gasteiger partial charge >= 0.3 is 0 Å². The average molecular weight is 460 g/mol. The molecular formula is C23H23Cl2N3O3. The van der Waals surface area contributed by atoms with Gasteiger partial charge in [0.25, 0.3) is 0 Å². The quantitative estimate of drug-likeness (QED) is 0.641. The number of rotatable bonds is 2. The molecule has 1 unspecified atom stereocenters. The van der Waals surface area contributed by atoms with E-state index < -0.39 is 5.72 Å². The average Bonchev–Trinajstić information content (AvgIpc) is 3.20. The van der Waals surface area contributed by atoms with Gasteiger partial charge in [-0.2, -0.15) is 5.10 Å². The minimum absolute atomic E-state index is 0.00414. The summed E-state index contributed by atoms with van der Waals surface area (Å²) in [5.41, 5.74) is 2.18. The lowest BCUT2D eigenvalue weighted by Crippen LogP contribution is -2.59. The number of amides is 1. The Morgan fingerprint density at radius 3 is 2.68 bits per heavy atom. The molecule has 0 N–H and O–H groups in total. The third-order valence-electron chi connectivity index (χ3n) is 6.44. The van der Waals surface area contributed by atoms with Gasteiger partial charge in [0.1, 0.15) is 0 Å². The van der Waals surface area contributed by atoms with E-state index in [0.29, 0.717) is 48.1 Å². The highest BCUT2D eigenvalue weighted by Crippen LogP contribution is 2.53. The Morgan fingerprint density at radius 1 is 1.23 bits per heavy atom. The Hall–Kier alpha value is -2.44. The highest BCUT2D eigenvalue weighted by atomic mass is 35.5. The Balaban J connectivity index is 1.59. The van der Waals surface area contributed by atoms with Gasteiger partial charge in [-0.1, -0.05) is 41.4 Å². The number of ether oxygens (including phenoxy) is 2. The number of fused-ring (bicyclic) bond motifs is 4. The fraction of sp³-hybridized carbons (Fsp3) is 0.391. The van der Waals surface area contributed by atoms with E-state index in [-0.39, 0.29) is 11.9 Å². The maximum Gasteiger partial charge on any atom is 0.219 e. The summed E-state index contributed by atoms with van der Waals surface area (Å²) in [6.45, 7) is 2.85. The predicted octanol–water partition coefficient (Wildman–Crippen LogP) is 4.88. The molecule has 3 aliphatic heterocycles. The van der Waals surface area contributed by atoms with Crippen molar-refractivity contribution in [2.45, 2.75) is 38.0 Å². The zero-order valence-electron chi connectivity index (χ0n) is 17.4. The van der Waals surface area contributed by atoms with Crippen molar-refractivity contribution in [2.75, 3.05) is 20.2 Å². The number of nitrogens with zero attached hydrogens (tertiary/aromatic N) is 3. The largest absolute Gasteiger partial charge is 0.493 e. The molecule has 0 saturated carbocycles. The number of likely N-dealkylation sites (tertiary alicyclic amines) is 1. The number of para-hydroxylation sites is 1. The summed E-state index contributed by atoms with van der Waals surface area (Å²) in [4.78, 5) is 13.8. The first-order valence-electron chi connectivity index (χ1n) is 10.4. The molecule has 31 heavy (non-hydrogen) atoms. The third-order valence-corrected chi connectivity index (χ3v) is 6.99. The smallest absolute Gasteiger partial charge is 0.219 e. The predicted molar refractivity (Wildman–Crippen MR) is 120 cm³/mol. The second-order valence-corrected chi connectivity index (χ2v) is 9.01. The van der Waals surface area contributed by atoms with Gasteiger partial charge in [0.15, 0.2) is 11.5 Å². The molecular weight excluding hydrogens is 437 g/mol. The van der Waals surface area contributed by atoms with E-state index in [0.717, 1.165) is 22.6 Å². The van der Waals surface area contributed by atoms with Crippen LogP contribution < -0.4 is 9.47 Å². The van der Waals surface area contributed by atoms with Gasteiger partial charge in [0.05, 0.1) is 23.9 Å². The van der Waals surface area contributed by atoms with Crippen molar-refractivity contribution < 1.29 is 14.3 Å². The zero-order chi connectivity index (χ0) is 21.8. The van der Waals surface area contributed by atoms with Crippen LogP contribution in [0.1, 0.15) is 43.4 Å². The normalized spacial score (nSPS) is 21.3. The number of hydrogen-bond acceptors (Lipinski definition) is 5. The molecule has 2 aromatic rings. The van der Waals surface area contributed by atoms with Crippen molar-refractivity contribution in [3.05, 3.63) is 57.6 Å². The van der Waals surface area contributed by atoms with E-state index in [2.05, 4.69) is 11.1 Å². The van der Waals surface area contributed by atoms with Crippen LogP contribution >= 0.6 is 23.2 Å². The van der Waals surface area contributed by atoms with Crippen molar-refractivity contribution in [1.82, 2.24) is 9.91 Å². The number of carbonyl (C=O) groups excluding carboxylic acids is 1. The summed E-state index contributed by atoms with van der Waals surface area (Å²) < 4.78 is 12.3. The van der Waals surface area contributed by atoms with Crippen LogP contribution in [-0.4, -0.2) is 47.5 Å². The van der Waals surface area contributed by atoms with Crippen LogP contribution in [0, 0.1) is 0 Å². The first-order chi connectivity index (χ1) is 14.9. The fourth-order valence-corrected chi connectivity index (χ4v) is 5.34. The van der Waals surface area contributed by atoms with Crippen LogP contribution in [-0.2, 0) is 4.79 Å². The Kier molecular flexibility index (Phi) is 5.02. The molecule has 3 aliphatic rings. The monoisotopic (exact) mass is 459 g/mol. The Morgan fingerprint density at radius 2 is 2.00 bits per heavy atom. The SMILES string of the molecule is COc1cccc2c1OC1(CCN(C(C)=O)CC1)N1N=C(c3ccc(Cl)cc3Cl)CC21. The molecule has 1 fully saturated rings. The molecule has 5 rings (SSSR count). The summed E-state index contributed by atoms with van der Waals surface area (Å²) in [5, 5.41) is 8.29. The lowest BCUT2D eigenvalue weighted by Gasteiger charge is -2.51. The molecule has 162 valence electrons. The highest BCUT2D eigenvalue weighted by Gasteiger charge is 2.52. The van der Waals surface area contributed by atoms with Gasteiger partial charge in [-0.05, 0) is 18.2 Å².